The van der Waals surface area contributed by atoms with E-state index < -0.39 is 0 Å². The van der Waals surface area contributed by atoms with Crippen molar-refractivity contribution in [2.75, 3.05) is 20.2 Å². The van der Waals surface area contributed by atoms with Crippen molar-refractivity contribution < 1.29 is 9.53 Å². The first kappa shape index (κ1) is 10.0. The first-order valence-electron chi connectivity index (χ1n) is 5.22. The third-order valence-electron chi connectivity index (χ3n) is 2.86. The fourth-order valence-electron chi connectivity index (χ4n) is 1.94. The van der Waals surface area contributed by atoms with Crippen LogP contribution in [0.15, 0.2) is 18.2 Å². The molecule has 2 rings (SSSR count). The van der Waals surface area contributed by atoms with Crippen molar-refractivity contribution in [2.24, 2.45) is 0 Å². The molecule has 0 radical (unpaired) electrons. The maximum atomic E-state index is 11.9. The van der Waals surface area contributed by atoms with Gasteiger partial charge >= 0.3 is 0 Å². The third kappa shape index (κ3) is 1.69. The van der Waals surface area contributed by atoms with Gasteiger partial charge in [-0.15, -0.1) is 0 Å². The van der Waals surface area contributed by atoms with Crippen LogP contribution in [0.25, 0.3) is 0 Å². The van der Waals surface area contributed by atoms with Crippen molar-refractivity contribution in [3.63, 3.8) is 0 Å². The maximum Gasteiger partial charge on any atom is 0.254 e. The minimum atomic E-state index is 0.140. The monoisotopic (exact) mass is 205 g/mol. The molecule has 1 aliphatic heterocycles. The van der Waals surface area contributed by atoms with Crippen LogP contribution < -0.4 is 4.74 Å². The zero-order chi connectivity index (χ0) is 10.8. The Kier molecular flexibility index (Phi) is 2.62. The van der Waals surface area contributed by atoms with Gasteiger partial charge in [0.15, 0.2) is 0 Å². The highest BCUT2D eigenvalue weighted by molar-refractivity contribution is 5.96. The molecule has 0 saturated carbocycles. The summed E-state index contributed by atoms with van der Waals surface area (Å²) < 4.78 is 5.14. The normalized spacial score (nSPS) is 15.1. The lowest BCUT2D eigenvalue weighted by Gasteiger charge is -2.27. The second kappa shape index (κ2) is 3.93. The number of amides is 1. The van der Waals surface area contributed by atoms with Gasteiger partial charge in [-0.05, 0) is 37.1 Å². The number of hydrogen-bond donors (Lipinski definition) is 0. The number of rotatable bonds is 2. The lowest BCUT2D eigenvalue weighted by atomic mass is 9.99. The van der Waals surface area contributed by atoms with E-state index in [9.17, 15) is 4.79 Å². The summed E-state index contributed by atoms with van der Waals surface area (Å²) in [6.07, 6.45) is 0.923. The van der Waals surface area contributed by atoms with Gasteiger partial charge in [-0.3, -0.25) is 4.79 Å². The second-order valence-corrected chi connectivity index (χ2v) is 3.66. The topological polar surface area (TPSA) is 29.5 Å². The number of methoxy groups -OCH3 is 1. The molecule has 1 aliphatic rings. The van der Waals surface area contributed by atoms with E-state index in [2.05, 4.69) is 0 Å². The zero-order valence-electron chi connectivity index (χ0n) is 9.12. The van der Waals surface area contributed by atoms with Crippen LogP contribution in [0, 0.1) is 0 Å². The quantitative estimate of drug-likeness (QED) is 0.735. The summed E-state index contributed by atoms with van der Waals surface area (Å²) in [5.74, 6) is 0.966. The number of carbonyl (C=O) groups excluding carboxylic acids is 1. The fourth-order valence-corrected chi connectivity index (χ4v) is 1.94. The number of likely N-dealkylation sites (N-methyl/N-ethyl adjacent to an activating group) is 1. The Hall–Kier alpha value is -1.51. The Morgan fingerprint density at radius 2 is 2.27 bits per heavy atom. The van der Waals surface area contributed by atoms with E-state index in [0.717, 1.165) is 36.4 Å². The van der Waals surface area contributed by atoms with Gasteiger partial charge in [-0.25, -0.2) is 0 Å². The summed E-state index contributed by atoms with van der Waals surface area (Å²) in [7, 11) is 1.64. The molecule has 80 valence electrons. The van der Waals surface area contributed by atoms with Gasteiger partial charge in [0.25, 0.3) is 5.91 Å². The molecule has 0 aliphatic carbocycles. The highest BCUT2D eigenvalue weighted by Crippen LogP contribution is 2.23. The predicted molar refractivity (Wildman–Crippen MR) is 58.3 cm³/mol. The Morgan fingerprint density at radius 1 is 1.47 bits per heavy atom. The predicted octanol–water partition coefficient (Wildman–Crippen LogP) is 1.71. The van der Waals surface area contributed by atoms with E-state index >= 15 is 0 Å². The maximum absolute atomic E-state index is 11.9. The van der Waals surface area contributed by atoms with E-state index in [1.807, 2.05) is 30.0 Å². The molecule has 1 aromatic rings. The van der Waals surface area contributed by atoms with Crippen molar-refractivity contribution in [1.82, 2.24) is 4.90 Å². The van der Waals surface area contributed by atoms with Gasteiger partial charge in [0.05, 0.1) is 7.11 Å². The van der Waals surface area contributed by atoms with E-state index in [1.54, 1.807) is 7.11 Å². The van der Waals surface area contributed by atoms with Gasteiger partial charge < -0.3 is 9.64 Å². The van der Waals surface area contributed by atoms with E-state index in [1.165, 1.54) is 0 Å². The van der Waals surface area contributed by atoms with Gasteiger partial charge in [0.2, 0.25) is 0 Å². The molecule has 0 spiro atoms. The standard InChI is InChI=1S/C12H15NO2/c1-3-13-7-6-9-8-10(15-2)4-5-11(9)12(13)14/h4-5,8H,3,6-7H2,1-2H3. The third-order valence-corrected chi connectivity index (χ3v) is 2.86. The molecule has 3 nitrogen and oxygen atoms in total. The van der Waals surface area contributed by atoms with Crippen molar-refractivity contribution in [3.8, 4) is 5.75 Å². The van der Waals surface area contributed by atoms with Crippen LogP contribution in [0.2, 0.25) is 0 Å². The summed E-state index contributed by atoms with van der Waals surface area (Å²) in [6, 6.07) is 5.66. The van der Waals surface area contributed by atoms with Crippen LogP contribution in [0.1, 0.15) is 22.8 Å². The van der Waals surface area contributed by atoms with Crippen LogP contribution in [-0.2, 0) is 6.42 Å². The second-order valence-electron chi connectivity index (χ2n) is 3.66. The number of fused-ring (bicyclic) bond motifs is 1. The van der Waals surface area contributed by atoms with Gasteiger partial charge in [-0.2, -0.15) is 0 Å². The van der Waals surface area contributed by atoms with Crippen LogP contribution in [0.3, 0.4) is 0 Å². The van der Waals surface area contributed by atoms with Crippen molar-refractivity contribution >= 4 is 5.91 Å². The molecule has 3 heteroatoms. The fraction of sp³-hybridized carbons (Fsp3) is 0.417. The molecule has 1 aromatic carbocycles. The SMILES string of the molecule is CCN1CCc2cc(OC)ccc2C1=O. The molecule has 0 saturated heterocycles. The number of hydrogen-bond acceptors (Lipinski definition) is 2. The zero-order valence-corrected chi connectivity index (χ0v) is 9.12. The van der Waals surface area contributed by atoms with Crippen molar-refractivity contribution in [1.29, 1.82) is 0 Å². The van der Waals surface area contributed by atoms with Gasteiger partial charge in [0.1, 0.15) is 5.75 Å². The summed E-state index contributed by atoms with van der Waals surface area (Å²) in [5.41, 5.74) is 1.92. The minimum absolute atomic E-state index is 0.140. The summed E-state index contributed by atoms with van der Waals surface area (Å²) >= 11 is 0. The molecule has 1 heterocycles. The van der Waals surface area contributed by atoms with Crippen molar-refractivity contribution in [3.05, 3.63) is 29.3 Å². The lowest BCUT2D eigenvalue weighted by molar-refractivity contribution is 0.0749. The Bertz CT molecular complexity index is 387. The minimum Gasteiger partial charge on any atom is -0.497 e. The smallest absolute Gasteiger partial charge is 0.254 e. The molecular weight excluding hydrogens is 190 g/mol. The average molecular weight is 205 g/mol. The molecule has 0 fully saturated rings. The summed E-state index contributed by atoms with van der Waals surface area (Å²) in [6.45, 7) is 3.60. The number of nitrogens with zero attached hydrogens (tertiary/aromatic N) is 1. The van der Waals surface area contributed by atoms with Crippen LogP contribution in [-0.4, -0.2) is 31.0 Å². The summed E-state index contributed by atoms with van der Waals surface area (Å²) in [5, 5.41) is 0. The van der Waals surface area contributed by atoms with Crippen LogP contribution in [0.5, 0.6) is 5.75 Å². The largest absolute Gasteiger partial charge is 0.497 e. The van der Waals surface area contributed by atoms with Gasteiger partial charge in [-0.1, -0.05) is 0 Å². The Morgan fingerprint density at radius 3 is 2.93 bits per heavy atom. The number of ether oxygens (including phenoxy) is 1. The van der Waals surface area contributed by atoms with Crippen molar-refractivity contribution in [2.45, 2.75) is 13.3 Å². The number of benzene rings is 1. The first-order valence-corrected chi connectivity index (χ1v) is 5.22. The summed E-state index contributed by atoms with van der Waals surface area (Å²) in [4.78, 5) is 13.8. The first-order chi connectivity index (χ1) is 7.26. The van der Waals surface area contributed by atoms with Crippen LogP contribution >= 0.6 is 0 Å². The lowest BCUT2D eigenvalue weighted by Crippen LogP contribution is -2.37. The molecule has 0 unspecified atom stereocenters. The molecule has 1 amide bonds. The molecule has 0 atom stereocenters. The molecular formula is C12H15NO2. The molecule has 0 aromatic heterocycles. The van der Waals surface area contributed by atoms with E-state index in [0.29, 0.717) is 0 Å². The van der Waals surface area contributed by atoms with Crippen LogP contribution in [0.4, 0.5) is 0 Å². The molecule has 15 heavy (non-hydrogen) atoms. The number of carbonyl (C=O) groups is 1. The highest BCUT2D eigenvalue weighted by atomic mass is 16.5. The van der Waals surface area contributed by atoms with E-state index in [4.69, 9.17) is 4.74 Å². The average Bonchev–Trinajstić information content (AvgIpc) is 2.29. The highest BCUT2D eigenvalue weighted by Gasteiger charge is 2.22. The van der Waals surface area contributed by atoms with Gasteiger partial charge in [0, 0.05) is 18.7 Å². The molecule has 0 bridgehead atoms. The Labute approximate surface area is 89.7 Å². The Balaban J connectivity index is 2.37. The van der Waals surface area contributed by atoms with E-state index in [-0.39, 0.29) is 5.91 Å². The molecule has 0 N–H and O–H groups in total.